The van der Waals surface area contributed by atoms with Crippen molar-refractivity contribution in [3.63, 3.8) is 0 Å². The van der Waals surface area contributed by atoms with E-state index in [9.17, 15) is 9.18 Å². The zero-order valence-corrected chi connectivity index (χ0v) is 18.5. The minimum absolute atomic E-state index is 0.0736. The number of unbranched alkanes of at least 4 members (excludes halogenated alkanes) is 2. The van der Waals surface area contributed by atoms with Crippen LogP contribution in [-0.2, 0) is 6.54 Å². The van der Waals surface area contributed by atoms with Crippen molar-refractivity contribution in [2.45, 2.75) is 32.7 Å². The van der Waals surface area contributed by atoms with Crippen LogP contribution in [0.5, 0.6) is 5.75 Å². The van der Waals surface area contributed by atoms with Crippen LogP contribution < -0.4 is 15.2 Å². The lowest BCUT2D eigenvalue weighted by Gasteiger charge is -2.36. The first-order chi connectivity index (χ1) is 15.7. The van der Waals surface area contributed by atoms with Crippen LogP contribution in [0.2, 0.25) is 0 Å². The maximum absolute atomic E-state index is 13.8. The Hall–Kier alpha value is -3.00. The maximum atomic E-state index is 13.8. The van der Waals surface area contributed by atoms with E-state index in [1.807, 2.05) is 19.1 Å². The number of rotatable bonds is 9. The summed E-state index contributed by atoms with van der Waals surface area (Å²) in [4.78, 5) is 17.1. The molecule has 0 N–H and O–H groups in total. The van der Waals surface area contributed by atoms with Crippen molar-refractivity contribution in [1.29, 1.82) is 0 Å². The number of hydrogen-bond acceptors (Lipinski definition) is 6. The van der Waals surface area contributed by atoms with E-state index in [0.717, 1.165) is 63.4 Å². The quantitative estimate of drug-likeness (QED) is 0.477. The first-order valence-corrected chi connectivity index (χ1v) is 11.4. The van der Waals surface area contributed by atoms with Gasteiger partial charge in [-0.1, -0.05) is 23.8 Å². The second kappa shape index (κ2) is 10.5. The predicted octanol–water partition coefficient (Wildman–Crippen LogP) is 3.32. The van der Waals surface area contributed by atoms with Crippen molar-refractivity contribution >= 4 is 16.6 Å². The highest BCUT2D eigenvalue weighted by Gasteiger charge is 2.20. The molecule has 0 spiro atoms. The van der Waals surface area contributed by atoms with Crippen molar-refractivity contribution in [3.05, 3.63) is 58.6 Å². The monoisotopic (exact) mass is 439 g/mol. The number of nitrogens with zero attached hydrogens (tertiary/aromatic N) is 5. The SMILES string of the molecule is CCOc1ccc(F)cc1N1CCN(CCCCCn2nnc3ccccc3c2=O)CC1. The minimum atomic E-state index is -0.235. The van der Waals surface area contributed by atoms with Gasteiger partial charge in [0.1, 0.15) is 17.1 Å². The van der Waals surface area contributed by atoms with E-state index in [0.29, 0.717) is 24.1 Å². The third kappa shape index (κ3) is 5.24. The topological polar surface area (TPSA) is 63.5 Å². The van der Waals surface area contributed by atoms with Gasteiger partial charge in [0.2, 0.25) is 0 Å². The molecule has 2 heterocycles. The molecule has 0 saturated carbocycles. The summed E-state index contributed by atoms with van der Waals surface area (Å²) in [6.07, 6.45) is 2.99. The normalized spacial score (nSPS) is 14.8. The van der Waals surface area contributed by atoms with Crippen LogP contribution in [0, 0.1) is 5.82 Å². The first kappa shape index (κ1) is 22.2. The summed E-state index contributed by atoms with van der Waals surface area (Å²) in [5.41, 5.74) is 1.41. The number of benzene rings is 2. The molecule has 2 aromatic carbocycles. The number of piperazine rings is 1. The fraction of sp³-hybridized carbons (Fsp3) is 0.458. The molecule has 3 aromatic rings. The number of aryl methyl sites for hydroxylation is 1. The average Bonchev–Trinajstić information content (AvgIpc) is 2.82. The van der Waals surface area contributed by atoms with Gasteiger partial charge < -0.3 is 9.64 Å². The molecule has 170 valence electrons. The predicted molar refractivity (Wildman–Crippen MR) is 124 cm³/mol. The van der Waals surface area contributed by atoms with Gasteiger partial charge in [0, 0.05) is 38.8 Å². The summed E-state index contributed by atoms with van der Waals surface area (Å²) in [7, 11) is 0. The van der Waals surface area contributed by atoms with Gasteiger partial charge in [0.25, 0.3) is 5.56 Å². The molecule has 32 heavy (non-hydrogen) atoms. The molecule has 1 aliphatic rings. The Kier molecular flexibility index (Phi) is 7.32. The van der Waals surface area contributed by atoms with Crippen LogP contribution in [0.4, 0.5) is 10.1 Å². The average molecular weight is 440 g/mol. The Labute approximate surface area is 187 Å². The van der Waals surface area contributed by atoms with Gasteiger partial charge in [-0.15, -0.1) is 5.10 Å². The first-order valence-electron chi connectivity index (χ1n) is 11.4. The van der Waals surface area contributed by atoms with Crippen LogP contribution in [0.15, 0.2) is 47.3 Å². The molecule has 8 heteroatoms. The molecule has 0 atom stereocenters. The van der Waals surface area contributed by atoms with Gasteiger partial charge in [-0.25, -0.2) is 9.07 Å². The van der Waals surface area contributed by atoms with E-state index in [4.69, 9.17) is 4.74 Å². The van der Waals surface area contributed by atoms with Gasteiger partial charge in [0.15, 0.2) is 0 Å². The Morgan fingerprint density at radius 2 is 1.78 bits per heavy atom. The summed E-state index contributed by atoms with van der Waals surface area (Å²) < 4.78 is 20.9. The summed E-state index contributed by atoms with van der Waals surface area (Å²) in [5.74, 6) is 0.510. The zero-order valence-electron chi connectivity index (χ0n) is 18.5. The Bertz CT molecular complexity index is 1100. The number of halogens is 1. The number of anilines is 1. The Balaban J connectivity index is 1.21. The minimum Gasteiger partial charge on any atom is -0.492 e. The highest BCUT2D eigenvalue weighted by atomic mass is 19.1. The number of fused-ring (bicyclic) bond motifs is 1. The molecule has 0 aliphatic carbocycles. The molecule has 1 saturated heterocycles. The van der Waals surface area contributed by atoms with Crippen molar-refractivity contribution in [1.82, 2.24) is 19.9 Å². The maximum Gasteiger partial charge on any atom is 0.277 e. The Morgan fingerprint density at radius 3 is 2.59 bits per heavy atom. The summed E-state index contributed by atoms with van der Waals surface area (Å²) in [6.45, 7) is 7.70. The van der Waals surface area contributed by atoms with Gasteiger partial charge in [0.05, 0.1) is 17.7 Å². The second-order valence-electron chi connectivity index (χ2n) is 8.07. The summed E-state index contributed by atoms with van der Waals surface area (Å²) in [5, 5.41) is 8.81. The molecule has 0 radical (unpaired) electrons. The second-order valence-corrected chi connectivity index (χ2v) is 8.07. The van der Waals surface area contributed by atoms with E-state index < -0.39 is 0 Å². The van der Waals surface area contributed by atoms with E-state index in [1.54, 1.807) is 24.3 Å². The summed E-state index contributed by atoms with van der Waals surface area (Å²) >= 11 is 0. The molecule has 0 bridgehead atoms. The molecular weight excluding hydrogens is 409 g/mol. The molecular formula is C24H30FN5O2. The van der Waals surface area contributed by atoms with E-state index in [2.05, 4.69) is 20.1 Å². The molecule has 0 unspecified atom stereocenters. The van der Waals surface area contributed by atoms with Crippen molar-refractivity contribution in [3.8, 4) is 5.75 Å². The fourth-order valence-corrected chi connectivity index (χ4v) is 4.17. The van der Waals surface area contributed by atoms with Crippen LogP contribution in [-0.4, -0.2) is 59.2 Å². The molecule has 1 aliphatic heterocycles. The van der Waals surface area contributed by atoms with Gasteiger partial charge in [-0.3, -0.25) is 9.69 Å². The zero-order chi connectivity index (χ0) is 22.3. The van der Waals surface area contributed by atoms with Crippen LogP contribution >= 0.6 is 0 Å². The number of ether oxygens (including phenoxy) is 1. The largest absolute Gasteiger partial charge is 0.492 e. The molecule has 7 nitrogen and oxygen atoms in total. The number of aromatic nitrogens is 3. The standard InChI is InChI=1S/C24H30FN5O2/c1-2-32-23-11-10-19(25)18-22(23)29-16-14-28(15-17-29)12-6-3-7-13-30-24(31)20-8-4-5-9-21(20)26-27-30/h4-5,8-11,18H,2-3,6-7,12-17H2,1H3. The van der Waals surface area contributed by atoms with Gasteiger partial charge >= 0.3 is 0 Å². The van der Waals surface area contributed by atoms with E-state index >= 15 is 0 Å². The van der Waals surface area contributed by atoms with Gasteiger partial charge in [-0.05, 0) is 50.6 Å². The van der Waals surface area contributed by atoms with Crippen LogP contribution in [0.25, 0.3) is 10.9 Å². The third-order valence-corrected chi connectivity index (χ3v) is 5.91. The third-order valence-electron chi connectivity index (χ3n) is 5.91. The lowest BCUT2D eigenvalue weighted by molar-refractivity contribution is 0.250. The van der Waals surface area contributed by atoms with Gasteiger partial charge in [-0.2, -0.15) is 0 Å². The summed E-state index contributed by atoms with van der Waals surface area (Å²) in [6, 6.07) is 12.0. The van der Waals surface area contributed by atoms with Crippen molar-refractivity contribution < 1.29 is 9.13 Å². The molecule has 1 fully saturated rings. The lowest BCUT2D eigenvalue weighted by atomic mass is 10.2. The fourth-order valence-electron chi connectivity index (χ4n) is 4.17. The molecule has 4 rings (SSSR count). The molecule has 0 amide bonds. The highest BCUT2D eigenvalue weighted by Crippen LogP contribution is 2.30. The van der Waals surface area contributed by atoms with E-state index in [1.165, 1.54) is 10.7 Å². The Morgan fingerprint density at radius 1 is 1.00 bits per heavy atom. The van der Waals surface area contributed by atoms with Crippen molar-refractivity contribution in [2.24, 2.45) is 0 Å². The molecule has 1 aromatic heterocycles. The lowest BCUT2D eigenvalue weighted by Crippen LogP contribution is -2.46. The van der Waals surface area contributed by atoms with Crippen molar-refractivity contribution in [2.75, 3.05) is 44.2 Å². The van der Waals surface area contributed by atoms with Crippen LogP contribution in [0.1, 0.15) is 26.2 Å². The highest BCUT2D eigenvalue weighted by molar-refractivity contribution is 5.76. The van der Waals surface area contributed by atoms with Crippen LogP contribution in [0.3, 0.4) is 0 Å². The number of hydrogen-bond donors (Lipinski definition) is 0. The van der Waals surface area contributed by atoms with E-state index in [-0.39, 0.29) is 11.4 Å². The smallest absolute Gasteiger partial charge is 0.277 e.